The number of anilines is 1. The molecule has 0 saturated carbocycles. The summed E-state index contributed by atoms with van der Waals surface area (Å²) in [5, 5.41) is 5.38. The summed E-state index contributed by atoms with van der Waals surface area (Å²) in [6, 6.07) is 15.5. The number of nitrogens with zero attached hydrogens (tertiary/aromatic N) is 1. The fourth-order valence-electron chi connectivity index (χ4n) is 2.54. The molecule has 0 saturated heterocycles. The number of hydrogen-bond donors (Lipinski definition) is 1. The first-order valence-corrected chi connectivity index (χ1v) is 9.62. The van der Waals surface area contributed by atoms with Gasteiger partial charge in [0, 0.05) is 17.4 Å². The quantitative estimate of drug-likeness (QED) is 0.562. The number of nitrogens with one attached hydrogen (secondary N) is 1. The number of benzene rings is 2. The monoisotopic (exact) mass is 382 g/mol. The molecule has 0 aliphatic heterocycles. The third-order valence-electron chi connectivity index (χ3n) is 4.04. The summed E-state index contributed by atoms with van der Waals surface area (Å²) in [6.45, 7) is 2.51. The number of methoxy groups -OCH3 is 1. The Morgan fingerprint density at radius 2 is 1.93 bits per heavy atom. The fourth-order valence-corrected chi connectivity index (χ4v) is 3.28. The van der Waals surface area contributed by atoms with E-state index in [0.717, 1.165) is 28.3 Å². The maximum atomic E-state index is 12.1. The molecule has 0 unspecified atom stereocenters. The van der Waals surface area contributed by atoms with E-state index in [1.54, 1.807) is 7.11 Å². The molecule has 27 heavy (non-hydrogen) atoms. The lowest BCUT2D eigenvalue weighted by molar-refractivity contribution is -0.116. The minimum absolute atomic E-state index is 0.0565. The van der Waals surface area contributed by atoms with Crippen molar-refractivity contribution in [3.63, 3.8) is 0 Å². The number of aryl methyl sites for hydroxylation is 1. The first-order valence-electron chi connectivity index (χ1n) is 8.74. The second-order valence-electron chi connectivity index (χ2n) is 6.03. The highest BCUT2D eigenvalue weighted by Crippen LogP contribution is 2.26. The SMILES string of the molecule is COc1ccc(-c2csc(NC(=O)CCCOc3ccccc3C)n2)cc1. The second-order valence-corrected chi connectivity index (χ2v) is 6.89. The van der Waals surface area contributed by atoms with Crippen LogP contribution in [0.25, 0.3) is 11.3 Å². The molecule has 3 aromatic rings. The summed E-state index contributed by atoms with van der Waals surface area (Å²) in [6.07, 6.45) is 1.04. The molecule has 1 heterocycles. The summed E-state index contributed by atoms with van der Waals surface area (Å²) in [5.74, 6) is 1.61. The number of carbonyl (C=O) groups is 1. The second kappa shape index (κ2) is 9.19. The van der Waals surface area contributed by atoms with E-state index in [-0.39, 0.29) is 5.91 Å². The Bertz CT molecular complexity index is 890. The molecule has 1 N–H and O–H groups in total. The molecule has 0 atom stereocenters. The van der Waals surface area contributed by atoms with Gasteiger partial charge in [-0.3, -0.25) is 4.79 Å². The van der Waals surface area contributed by atoms with Crippen LogP contribution in [0.5, 0.6) is 11.5 Å². The van der Waals surface area contributed by atoms with Crippen molar-refractivity contribution < 1.29 is 14.3 Å². The maximum absolute atomic E-state index is 12.1. The highest BCUT2D eigenvalue weighted by atomic mass is 32.1. The fraction of sp³-hybridized carbons (Fsp3) is 0.238. The van der Waals surface area contributed by atoms with Crippen LogP contribution in [0.1, 0.15) is 18.4 Å². The molecule has 1 amide bonds. The Morgan fingerprint density at radius 1 is 1.15 bits per heavy atom. The predicted molar refractivity (Wildman–Crippen MR) is 109 cm³/mol. The van der Waals surface area contributed by atoms with Crippen LogP contribution < -0.4 is 14.8 Å². The van der Waals surface area contributed by atoms with E-state index in [1.807, 2.05) is 60.8 Å². The van der Waals surface area contributed by atoms with Gasteiger partial charge in [0.25, 0.3) is 0 Å². The first-order chi connectivity index (χ1) is 13.2. The normalized spacial score (nSPS) is 10.4. The molecule has 140 valence electrons. The molecule has 2 aromatic carbocycles. The van der Waals surface area contributed by atoms with Crippen molar-refractivity contribution in [1.82, 2.24) is 4.98 Å². The molecule has 0 fully saturated rings. The topological polar surface area (TPSA) is 60.5 Å². The molecule has 0 radical (unpaired) electrons. The van der Waals surface area contributed by atoms with E-state index >= 15 is 0 Å². The Hall–Kier alpha value is -2.86. The van der Waals surface area contributed by atoms with Crippen molar-refractivity contribution in [2.24, 2.45) is 0 Å². The number of hydrogen-bond acceptors (Lipinski definition) is 5. The van der Waals surface area contributed by atoms with Crippen LogP contribution in [-0.4, -0.2) is 24.6 Å². The van der Waals surface area contributed by atoms with Crippen molar-refractivity contribution in [3.8, 4) is 22.8 Å². The van der Waals surface area contributed by atoms with Gasteiger partial charge in [-0.1, -0.05) is 18.2 Å². The molecule has 1 aromatic heterocycles. The average molecular weight is 382 g/mol. The zero-order valence-electron chi connectivity index (χ0n) is 15.4. The van der Waals surface area contributed by atoms with E-state index in [2.05, 4.69) is 10.3 Å². The van der Waals surface area contributed by atoms with E-state index in [4.69, 9.17) is 9.47 Å². The average Bonchev–Trinajstić information content (AvgIpc) is 3.15. The maximum Gasteiger partial charge on any atom is 0.226 e. The molecule has 0 bridgehead atoms. The third-order valence-corrected chi connectivity index (χ3v) is 4.79. The zero-order valence-corrected chi connectivity index (χ0v) is 16.2. The Labute approximate surface area is 163 Å². The molecule has 0 spiro atoms. The van der Waals surface area contributed by atoms with Gasteiger partial charge in [0.2, 0.25) is 5.91 Å². The van der Waals surface area contributed by atoms with E-state index in [9.17, 15) is 4.79 Å². The van der Waals surface area contributed by atoms with Gasteiger partial charge in [-0.25, -0.2) is 4.98 Å². The van der Waals surface area contributed by atoms with Crippen LogP contribution in [0.3, 0.4) is 0 Å². The number of para-hydroxylation sites is 1. The van der Waals surface area contributed by atoms with Crippen molar-refractivity contribution in [2.75, 3.05) is 19.0 Å². The molecule has 5 nitrogen and oxygen atoms in total. The van der Waals surface area contributed by atoms with Gasteiger partial charge in [0.05, 0.1) is 19.4 Å². The summed E-state index contributed by atoms with van der Waals surface area (Å²) < 4.78 is 10.9. The van der Waals surface area contributed by atoms with Crippen LogP contribution in [0.4, 0.5) is 5.13 Å². The first kappa shape index (κ1) is 18.9. The van der Waals surface area contributed by atoms with Gasteiger partial charge in [0.15, 0.2) is 5.13 Å². The summed E-state index contributed by atoms with van der Waals surface area (Å²) in [7, 11) is 1.64. The lowest BCUT2D eigenvalue weighted by Crippen LogP contribution is -2.12. The minimum atomic E-state index is -0.0565. The van der Waals surface area contributed by atoms with Crippen LogP contribution in [0, 0.1) is 6.92 Å². The molecule has 0 aliphatic carbocycles. The summed E-state index contributed by atoms with van der Waals surface area (Å²) in [4.78, 5) is 16.6. The predicted octanol–water partition coefficient (Wildman–Crippen LogP) is 4.92. The number of ether oxygens (including phenoxy) is 2. The number of aromatic nitrogens is 1. The van der Waals surface area contributed by atoms with Crippen LogP contribution in [0.15, 0.2) is 53.9 Å². The smallest absolute Gasteiger partial charge is 0.226 e. The summed E-state index contributed by atoms with van der Waals surface area (Å²) in [5.41, 5.74) is 2.91. The Balaban J connectivity index is 1.45. The van der Waals surface area contributed by atoms with Gasteiger partial charge in [-0.05, 0) is 49.2 Å². The van der Waals surface area contributed by atoms with Crippen molar-refractivity contribution in [2.45, 2.75) is 19.8 Å². The molecule has 3 rings (SSSR count). The van der Waals surface area contributed by atoms with Crippen molar-refractivity contribution in [1.29, 1.82) is 0 Å². The van der Waals surface area contributed by atoms with Crippen molar-refractivity contribution in [3.05, 3.63) is 59.5 Å². The highest BCUT2D eigenvalue weighted by Gasteiger charge is 2.08. The zero-order chi connectivity index (χ0) is 19.1. The molecule has 0 aliphatic rings. The molecular weight excluding hydrogens is 360 g/mol. The Kier molecular flexibility index (Phi) is 6.44. The van der Waals surface area contributed by atoms with Crippen molar-refractivity contribution >= 4 is 22.4 Å². The lowest BCUT2D eigenvalue weighted by Gasteiger charge is -2.08. The van der Waals surface area contributed by atoms with E-state index < -0.39 is 0 Å². The van der Waals surface area contributed by atoms with Crippen LogP contribution in [0.2, 0.25) is 0 Å². The summed E-state index contributed by atoms with van der Waals surface area (Å²) >= 11 is 1.42. The lowest BCUT2D eigenvalue weighted by atomic mass is 10.2. The number of amides is 1. The Morgan fingerprint density at radius 3 is 2.67 bits per heavy atom. The van der Waals surface area contributed by atoms with E-state index in [0.29, 0.717) is 24.6 Å². The van der Waals surface area contributed by atoms with Crippen LogP contribution >= 0.6 is 11.3 Å². The van der Waals surface area contributed by atoms with Gasteiger partial charge in [-0.15, -0.1) is 11.3 Å². The van der Waals surface area contributed by atoms with E-state index in [1.165, 1.54) is 11.3 Å². The highest BCUT2D eigenvalue weighted by molar-refractivity contribution is 7.14. The molecule has 6 heteroatoms. The minimum Gasteiger partial charge on any atom is -0.497 e. The molecular formula is C21H22N2O3S. The standard InChI is InChI=1S/C21H22N2O3S/c1-15-6-3-4-7-19(15)26-13-5-8-20(24)23-21-22-18(14-27-21)16-9-11-17(25-2)12-10-16/h3-4,6-7,9-12,14H,5,8,13H2,1-2H3,(H,22,23,24). The largest absolute Gasteiger partial charge is 0.497 e. The van der Waals surface area contributed by atoms with Gasteiger partial charge in [-0.2, -0.15) is 0 Å². The van der Waals surface area contributed by atoms with Crippen LogP contribution in [-0.2, 0) is 4.79 Å². The number of thiazole rings is 1. The number of rotatable bonds is 8. The van der Waals surface area contributed by atoms with Gasteiger partial charge in [0.1, 0.15) is 11.5 Å². The van der Waals surface area contributed by atoms with Gasteiger partial charge >= 0.3 is 0 Å². The number of carbonyl (C=O) groups excluding carboxylic acids is 1. The van der Waals surface area contributed by atoms with Gasteiger partial charge < -0.3 is 14.8 Å². The third kappa shape index (κ3) is 5.31.